The molecule has 0 fully saturated rings. The molecule has 21 heavy (non-hydrogen) atoms. The Morgan fingerprint density at radius 2 is 1.67 bits per heavy atom. The fourth-order valence-electron chi connectivity index (χ4n) is 2.16. The Hall–Kier alpha value is -1.73. The van der Waals surface area contributed by atoms with Gasteiger partial charge in [-0.15, -0.1) is 0 Å². The van der Waals surface area contributed by atoms with Gasteiger partial charge in [-0.25, -0.2) is 13.1 Å². The number of carbonyl (C=O) groups excluding carboxylic acids is 2. The Kier molecular flexibility index (Phi) is 4.74. The molecule has 0 saturated heterocycles. The third-order valence-electron chi connectivity index (χ3n) is 3.30. The van der Waals surface area contributed by atoms with Crippen LogP contribution in [-0.4, -0.2) is 44.0 Å². The van der Waals surface area contributed by atoms with Crippen LogP contribution in [0.2, 0.25) is 0 Å². The number of nitrogens with zero attached hydrogens (tertiary/aromatic N) is 1. The summed E-state index contributed by atoms with van der Waals surface area (Å²) in [6.07, 6.45) is 1.38. The maximum absolute atomic E-state index is 12.1. The van der Waals surface area contributed by atoms with E-state index in [0.29, 0.717) is 17.5 Å². The number of benzene rings is 1. The van der Waals surface area contributed by atoms with Crippen LogP contribution >= 0.6 is 0 Å². The van der Waals surface area contributed by atoms with Gasteiger partial charge in [-0.05, 0) is 18.6 Å². The second kappa shape index (κ2) is 6.36. The second-order valence-corrected chi connectivity index (χ2v) is 6.80. The van der Waals surface area contributed by atoms with Crippen molar-refractivity contribution in [1.29, 1.82) is 0 Å². The van der Waals surface area contributed by atoms with Crippen LogP contribution in [0.4, 0.5) is 0 Å². The van der Waals surface area contributed by atoms with Gasteiger partial charge in [0.25, 0.3) is 11.8 Å². The fourth-order valence-corrected chi connectivity index (χ4v) is 3.38. The molecule has 6 nitrogen and oxygen atoms in total. The van der Waals surface area contributed by atoms with Crippen LogP contribution in [-0.2, 0) is 10.0 Å². The SMILES string of the molecule is CCCCS(=O)(=O)NCCN1C(=O)c2ccccc2C1=O. The van der Waals surface area contributed by atoms with Crippen molar-refractivity contribution in [3.8, 4) is 0 Å². The van der Waals surface area contributed by atoms with Crippen molar-refractivity contribution in [2.45, 2.75) is 19.8 Å². The Balaban J connectivity index is 1.94. The summed E-state index contributed by atoms with van der Waals surface area (Å²) in [4.78, 5) is 25.2. The van der Waals surface area contributed by atoms with Gasteiger partial charge in [0, 0.05) is 13.1 Å². The number of unbranched alkanes of at least 4 members (excludes halogenated alkanes) is 1. The number of sulfonamides is 1. The average molecular weight is 310 g/mol. The van der Waals surface area contributed by atoms with Crippen LogP contribution in [0, 0.1) is 0 Å². The molecule has 0 spiro atoms. The number of nitrogens with one attached hydrogen (secondary N) is 1. The Bertz CT molecular complexity index is 620. The van der Waals surface area contributed by atoms with Crippen molar-refractivity contribution in [2.24, 2.45) is 0 Å². The van der Waals surface area contributed by atoms with E-state index in [1.165, 1.54) is 0 Å². The van der Waals surface area contributed by atoms with Gasteiger partial charge in [-0.2, -0.15) is 0 Å². The van der Waals surface area contributed by atoms with Gasteiger partial charge < -0.3 is 0 Å². The highest BCUT2D eigenvalue weighted by Gasteiger charge is 2.34. The number of fused-ring (bicyclic) bond motifs is 1. The standard InChI is InChI=1S/C14H18N2O4S/c1-2-3-10-21(19,20)15-8-9-16-13(17)11-6-4-5-7-12(11)14(16)18/h4-7,15H,2-3,8-10H2,1H3. The number of amides is 2. The van der Waals surface area contributed by atoms with E-state index in [9.17, 15) is 18.0 Å². The molecule has 1 aliphatic rings. The molecule has 1 aromatic carbocycles. The van der Waals surface area contributed by atoms with Gasteiger partial charge in [0.05, 0.1) is 16.9 Å². The molecule has 0 atom stereocenters. The molecule has 2 rings (SSSR count). The third kappa shape index (κ3) is 3.48. The van der Waals surface area contributed by atoms with Gasteiger partial charge in [0.2, 0.25) is 10.0 Å². The molecule has 1 aromatic rings. The van der Waals surface area contributed by atoms with Crippen LogP contribution in [0.25, 0.3) is 0 Å². The molecule has 7 heteroatoms. The minimum Gasteiger partial charge on any atom is -0.273 e. The first-order valence-electron chi connectivity index (χ1n) is 6.89. The van der Waals surface area contributed by atoms with Gasteiger partial charge in [-0.1, -0.05) is 25.5 Å². The molecule has 0 aliphatic carbocycles. The number of hydrogen-bond donors (Lipinski definition) is 1. The number of rotatable bonds is 7. The Morgan fingerprint density at radius 3 is 2.19 bits per heavy atom. The normalized spacial score (nSPS) is 14.6. The summed E-state index contributed by atoms with van der Waals surface area (Å²) in [6, 6.07) is 6.59. The van der Waals surface area contributed by atoms with Crippen molar-refractivity contribution < 1.29 is 18.0 Å². The number of carbonyl (C=O) groups is 2. The summed E-state index contributed by atoms with van der Waals surface area (Å²) < 4.78 is 25.7. The highest BCUT2D eigenvalue weighted by atomic mass is 32.2. The van der Waals surface area contributed by atoms with E-state index in [0.717, 1.165) is 11.3 Å². The molecule has 0 aromatic heterocycles. The van der Waals surface area contributed by atoms with E-state index in [2.05, 4.69) is 4.72 Å². The van der Waals surface area contributed by atoms with E-state index in [1.807, 2.05) is 6.92 Å². The van der Waals surface area contributed by atoms with Gasteiger partial charge in [0.1, 0.15) is 0 Å². The topological polar surface area (TPSA) is 83.6 Å². The largest absolute Gasteiger partial charge is 0.273 e. The lowest BCUT2D eigenvalue weighted by molar-refractivity contribution is 0.0657. The van der Waals surface area contributed by atoms with E-state index in [-0.39, 0.29) is 30.7 Å². The van der Waals surface area contributed by atoms with Crippen LogP contribution in [0.3, 0.4) is 0 Å². The maximum Gasteiger partial charge on any atom is 0.261 e. The maximum atomic E-state index is 12.1. The molecule has 0 saturated carbocycles. The summed E-state index contributed by atoms with van der Waals surface area (Å²) in [7, 11) is -3.34. The molecule has 1 N–H and O–H groups in total. The third-order valence-corrected chi connectivity index (χ3v) is 4.77. The molecule has 0 unspecified atom stereocenters. The monoisotopic (exact) mass is 310 g/mol. The highest BCUT2D eigenvalue weighted by molar-refractivity contribution is 7.89. The minimum absolute atomic E-state index is 0.0392. The zero-order valence-electron chi connectivity index (χ0n) is 11.8. The van der Waals surface area contributed by atoms with E-state index >= 15 is 0 Å². The fraction of sp³-hybridized carbons (Fsp3) is 0.429. The van der Waals surface area contributed by atoms with E-state index in [4.69, 9.17) is 0 Å². The average Bonchev–Trinajstić information content (AvgIpc) is 2.71. The lowest BCUT2D eigenvalue weighted by atomic mass is 10.1. The second-order valence-electron chi connectivity index (χ2n) is 4.87. The molecule has 0 radical (unpaired) electrons. The van der Waals surface area contributed by atoms with Crippen LogP contribution in [0.15, 0.2) is 24.3 Å². The molecular weight excluding hydrogens is 292 g/mol. The molecule has 114 valence electrons. The van der Waals surface area contributed by atoms with Crippen molar-refractivity contribution in [1.82, 2.24) is 9.62 Å². The van der Waals surface area contributed by atoms with Gasteiger partial charge in [0.15, 0.2) is 0 Å². The predicted molar refractivity (Wildman–Crippen MR) is 78.5 cm³/mol. The van der Waals surface area contributed by atoms with Crippen molar-refractivity contribution in [3.63, 3.8) is 0 Å². The number of hydrogen-bond acceptors (Lipinski definition) is 4. The Labute approximate surface area is 124 Å². The first-order chi connectivity index (χ1) is 9.96. The lowest BCUT2D eigenvalue weighted by Crippen LogP contribution is -2.38. The van der Waals surface area contributed by atoms with E-state index < -0.39 is 10.0 Å². The summed E-state index contributed by atoms with van der Waals surface area (Å²) in [6.45, 7) is 1.99. The molecule has 0 bridgehead atoms. The first kappa shape index (κ1) is 15.7. The summed E-state index contributed by atoms with van der Waals surface area (Å²) in [5.74, 6) is -0.683. The minimum atomic E-state index is -3.34. The van der Waals surface area contributed by atoms with E-state index in [1.54, 1.807) is 24.3 Å². The summed E-state index contributed by atoms with van der Waals surface area (Å²) in [5.41, 5.74) is 0.743. The smallest absolute Gasteiger partial charge is 0.261 e. The predicted octanol–water partition coefficient (Wildman–Crippen LogP) is 1.00. The van der Waals surface area contributed by atoms with Gasteiger partial charge >= 0.3 is 0 Å². The molecule has 1 heterocycles. The quantitative estimate of drug-likeness (QED) is 0.762. The van der Waals surface area contributed by atoms with Crippen molar-refractivity contribution in [2.75, 3.05) is 18.8 Å². The number of imide groups is 1. The molecule has 1 aliphatic heterocycles. The van der Waals surface area contributed by atoms with Crippen molar-refractivity contribution in [3.05, 3.63) is 35.4 Å². The zero-order valence-corrected chi connectivity index (χ0v) is 12.6. The van der Waals surface area contributed by atoms with Gasteiger partial charge in [-0.3, -0.25) is 14.5 Å². The van der Waals surface area contributed by atoms with Crippen LogP contribution < -0.4 is 4.72 Å². The lowest BCUT2D eigenvalue weighted by Gasteiger charge is -2.14. The summed E-state index contributed by atoms with van der Waals surface area (Å²) in [5, 5.41) is 0. The zero-order chi connectivity index (χ0) is 15.5. The summed E-state index contributed by atoms with van der Waals surface area (Å²) >= 11 is 0. The van der Waals surface area contributed by atoms with Crippen LogP contribution in [0.5, 0.6) is 0 Å². The van der Waals surface area contributed by atoms with Crippen molar-refractivity contribution >= 4 is 21.8 Å². The molecular formula is C14H18N2O4S. The Morgan fingerprint density at radius 1 is 1.10 bits per heavy atom. The first-order valence-corrected chi connectivity index (χ1v) is 8.54. The highest BCUT2D eigenvalue weighted by Crippen LogP contribution is 2.21. The molecule has 2 amide bonds. The van der Waals surface area contributed by atoms with Crippen LogP contribution in [0.1, 0.15) is 40.5 Å².